The van der Waals surface area contributed by atoms with Gasteiger partial charge in [0.15, 0.2) is 5.82 Å². The first-order chi connectivity index (χ1) is 20.5. The molecule has 2 aliphatic carbocycles. The van der Waals surface area contributed by atoms with Crippen LogP contribution in [0, 0.1) is 23.2 Å². The van der Waals surface area contributed by atoms with Gasteiger partial charge < -0.3 is 15.0 Å². The molecule has 3 heterocycles. The zero-order valence-electron chi connectivity index (χ0n) is 24.9. The predicted octanol–water partition coefficient (Wildman–Crippen LogP) is 6.46. The quantitative estimate of drug-likeness (QED) is 0.239. The number of carbonyl (C=O) groups is 1. The Balaban J connectivity index is 1.22. The molecule has 2 atom stereocenters. The van der Waals surface area contributed by atoms with Crippen molar-refractivity contribution in [2.75, 3.05) is 5.32 Å². The van der Waals surface area contributed by atoms with Crippen molar-refractivity contribution >= 4 is 39.2 Å². The van der Waals surface area contributed by atoms with Crippen LogP contribution in [0.5, 0.6) is 0 Å². The van der Waals surface area contributed by atoms with E-state index in [1.54, 1.807) is 22.6 Å². The monoisotopic (exact) mass is 608 g/mol. The number of hydrogen-bond donors (Lipinski definition) is 4. The zero-order valence-corrected chi connectivity index (χ0v) is 25.7. The van der Waals surface area contributed by atoms with Crippen LogP contribution >= 0.6 is 10.8 Å². The van der Waals surface area contributed by atoms with Gasteiger partial charge in [0.05, 0.1) is 34.4 Å². The van der Waals surface area contributed by atoms with Gasteiger partial charge in [-0.1, -0.05) is 12.8 Å². The molecular formula is C31H40N6O5S. The van der Waals surface area contributed by atoms with Crippen molar-refractivity contribution in [3.05, 3.63) is 46.4 Å². The van der Waals surface area contributed by atoms with Crippen molar-refractivity contribution in [2.45, 2.75) is 101 Å². The minimum atomic E-state index is -3.18. The van der Waals surface area contributed by atoms with Crippen LogP contribution < -0.4 is 10.9 Å². The summed E-state index contributed by atoms with van der Waals surface area (Å²) < 4.78 is 31.8. The second kappa shape index (κ2) is 11.3. The summed E-state index contributed by atoms with van der Waals surface area (Å²) in [5.41, 5.74) is 1.37. The van der Waals surface area contributed by atoms with Gasteiger partial charge in [0.2, 0.25) is 0 Å². The lowest BCUT2D eigenvalue weighted by Crippen LogP contribution is -2.38. The van der Waals surface area contributed by atoms with Gasteiger partial charge in [0.25, 0.3) is 5.56 Å². The van der Waals surface area contributed by atoms with Gasteiger partial charge in [-0.3, -0.25) is 23.4 Å². The van der Waals surface area contributed by atoms with E-state index in [2.05, 4.69) is 16.4 Å². The van der Waals surface area contributed by atoms with E-state index >= 15 is 0 Å². The number of aromatic amines is 1. The second-order valence-corrected chi connectivity index (χ2v) is 15.0. The maximum atomic E-state index is 12.9. The van der Waals surface area contributed by atoms with Gasteiger partial charge >= 0.3 is 5.97 Å². The molecule has 3 aliphatic rings. The summed E-state index contributed by atoms with van der Waals surface area (Å²) in [5.74, 6) is -0.119. The number of carbonyl (C=O) groups excluding carboxylic acids is 1. The number of benzene rings is 1. The fourth-order valence-corrected chi connectivity index (χ4v) is 8.81. The lowest BCUT2D eigenvalue weighted by atomic mass is 9.85. The molecule has 1 aromatic carbocycles. The maximum absolute atomic E-state index is 12.9. The molecule has 11 nitrogen and oxygen atoms in total. The van der Waals surface area contributed by atoms with E-state index in [0.717, 1.165) is 31.2 Å². The van der Waals surface area contributed by atoms with Crippen LogP contribution in [0.4, 0.5) is 11.5 Å². The van der Waals surface area contributed by atoms with Crippen molar-refractivity contribution in [3.8, 4) is 6.07 Å². The fraction of sp³-hybridized carbons (Fsp3) is 0.548. The number of rotatable bonds is 5. The molecular weight excluding hydrogens is 568 g/mol. The van der Waals surface area contributed by atoms with Crippen LogP contribution in [-0.4, -0.2) is 45.8 Å². The van der Waals surface area contributed by atoms with Crippen LogP contribution in [0.15, 0.2) is 40.2 Å². The Morgan fingerprint density at radius 1 is 1.14 bits per heavy atom. The Hall–Kier alpha value is -3.37. The number of hydrogen-bond acceptors (Lipinski definition) is 9. The predicted molar refractivity (Wildman–Crippen MR) is 165 cm³/mol. The molecule has 43 heavy (non-hydrogen) atoms. The molecule has 0 radical (unpaired) electrons. The van der Waals surface area contributed by atoms with Crippen molar-refractivity contribution < 1.29 is 18.6 Å². The highest BCUT2D eigenvalue weighted by molar-refractivity contribution is 8.22. The highest BCUT2D eigenvalue weighted by Gasteiger charge is 2.42. The molecule has 2 saturated carbocycles. The largest absolute Gasteiger partial charge is 0.460 e. The molecule has 0 saturated heterocycles. The highest BCUT2D eigenvalue weighted by atomic mass is 32.3. The SMILES string of the molecule is CC(C)(C)OC(=O)C1CCC(N2Cc3cc(Nc4nn(C5CCCCC5C#N)c5cc[nH]c(=O)c45)ccc3S2(O)O)CC1. The van der Waals surface area contributed by atoms with Crippen molar-refractivity contribution in [1.82, 2.24) is 19.1 Å². The minimum Gasteiger partial charge on any atom is -0.460 e. The number of nitriles is 1. The van der Waals surface area contributed by atoms with Crippen LogP contribution in [0.1, 0.15) is 83.7 Å². The fourth-order valence-electron chi connectivity index (χ4n) is 6.88. The maximum Gasteiger partial charge on any atom is 0.309 e. The van der Waals surface area contributed by atoms with Crippen molar-refractivity contribution in [1.29, 1.82) is 5.26 Å². The summed E-state index contributed by atoms with van der Waals surface area (Å²) in [6.07, 6.45) is 7.90. The first kappa shape index (κ1) is 29.7. The Labute approximate surface area is 252 Å². The number of nitrogens with one attached hydrogen (secondary N) is 2. The third-order valence-corrected chi connectivity index (χ3v) is 11.0. The van der Waals surface area contributed by atoms with Crippen molar-refractivity contribution in [3.63, 3.8) is 0 Å². The van der Waals surface area contributed by atoms with Crippen LogP contribution in [0.2, 0.25) is 0 Å². The average molecular weight is 609 g/mol. The van der Waals surface area contributed by atoms with E-state index in [4.69, 9.17) is 9.84 Å². The van der Waals surface area contributed by atoms with Crippen LogP contribution in [0.3, 0.4) is 0 Å². The Morgan fingerprint density at radius 3 is 2.60 bits per heavy atom. The highest BCUT2D eigenvalue weighted by Crippen LogP contribution is 2.61. The molecule has 0 spiro atoms. The van der Waals surface area contributed by atoms with Gasteiger partial charge in [0.1, 0.15) is 11.0 Å². The topological polar surface area (TPSA) is 156 Å². The molecule has 0 bridgehead atoms. The number of pyridine rings is 1. The number of esters is 1. The van der Waals surface area contributed by atoms with E-state index in [9.17, 15) is 24.0 Å². The van der Waals surface area contributed by atoms with E-state index in [1.807, 2.05) is 37.6 Å². The molecule has 0 amide bonds. The second-order valence-electron chi connectivity index (χ2n) is 13.0. The third kappa shape index (κ3) is 5.67. The van der Waals surface area contributed by atoms with Gasteiger partial charge in [-0.25, -0.2) is 0 Å². The molecule has 2 fully saturated rings. The lowest BCUT2D eigenvalue weighted by molar-refractivity contribution is -0.161. The normalized spacial score (nSPS) is 26.4. The number of aromatic nitrogens is 3. The molecule has 1 aliphatic heterocycles. The van der Waals surface area contributed by atoms with Crippen LogP contribution in [-0.2, 0) is 16.1 Å². The Morgan fingerprint density at radius 2 is 1.88 bits per heavy atom. The molecule has 230 valence electrons. The summed E-state index contributed by atoms with van der Waals surface area (Å²) in [4.78, 5) is 28.8. The molecule has 3 aromatic rings. The first-order valence-corrected chi connectivity index (χ1v) is 16.6. The smallest absolute Gasteiger partial charge is 0.309 e. The van der Waals surface area contributed by atoms with Gasteiger partial charge in [0, 0.05) is 24.5 Å². The number of fused-ring (bicyclic) bond motifs is 2. The zero-order chi connectivity index (χ0) is 30.5. The minimum absolute atomic E-state index is 0.0609. The summed E-state index contributed by atoms with van der Waals surface area (Å²) in [6, 6.07) is 9.48. The average Bonchev–Trinajstić information content (AvgIpc) is 3.46. The number of ether oxygens (including phenoxy) is 1. The van der Waals surface area contributed by atoms with Gasteiger partial charge in [-0.15, -0.1) is 10.8 Å². The van der Waals surface area contributed by atoms with E-state index in [-0.39, 0.29) is 35.4 Å². The van der Waals surface area contributed by atoms with E-state index in [0.29, 0.717) is 59.5 Å². The number of H-pyrrole nitrogens is 1. The van der Waals surface area contributed by atoms with Crippen LogP contribution in [0.25, 0.3) is 10.9 Å². The Bertz CT molecular complexity index is 1630. The molecule has 12 heteroatoms. The van der Waals surface area contributed by atoms with E-state index in [1.165, 1.54) is 0 Å². The molecule has 4 N–H and O–H groups in total. The summed E-state index contributed by atoms with van der Waals surface area (Å²) in [7, 11) is -3.18. The van der Waals surface area contributed by atoms with Crippen molar-refractivity contribution in [2.24, 2.45) is 11.8 Å². The molecule has 6 rings (SSSR count). The summed E-state index contributed by atoms with van der Waals surface area (Å²) in [6.45, 7) is 5.96. The van der Waals surface area contributed by atoms with E-state index < -0.39 is 16.4 Å². The standard InChI is InChI=1S/C31H40N6O5S/c1-31(2,3)42-30(39)19-8-11-23(12-9-19)36-18-21-16-22(10-13-26(21)43(36,40)41)34-28-27-25(14-15-33-29(27)38)37(35-28)24-7-5-4-6-20(24)17-32/h10,13-16,19-20,23-24,40-41H,4-9,11-12,18H2,1-3H3,(H,33,38)(H,34,35). The number of anilines is 2. The molecule has 2 aromatic heterocycles. The third-order valence-electron chi connectivity index (χ3n) is 8.96. The molecule has 2 unspecified atom stereocenters. The summed E-state index contributed by atoms with van der Waals surface area (Å²) in [5, 5.41) is 18.3. The number of nitrogens with zero attached hydrogens (tertiary/aromatic N) is 4. The first-order valence-electron chi connectivity index (χ1n) is 15.1. The van der Waals surface area contributed by atoms with Gasteiger partial charge in [-0.2, -0.15) is 14.7 Å². The summed E-state index contributed by atoms with van der Waals surface area (Å²) >= 11 is 0. The van der Waals surface area contributed by atoms with Gasteiger partial charge in [-0.05, 0) is 89.1 Å². The lowest BCUT2D eigenvalue weighted by Gasteiger charge is -2.44. The Kier molecular flexibility index (Phi) is 7.79.